The first-order valence-electron chi connectivity index (χ1n) is 11.8. The topological polar surface area (TPSA) is 62.2 Å². The molecule has 5 nitrogen and oxygen atoms in total. The van der Waals surface area contributed by atoms with Gasteiger partial charge in [-0.2, -0.15) is 0 Å². The fourth-order valence-electron chi connectivity index (χ4n) is 9.09. The van der Waals surface area contributed by atoms with Crippen LogP contribution in [-0.2, 0) is 16.6 Å². The van der Waals surface area contributed by atoms with Crippen molar-refractivity contribution in [1.29, 1.82) is 0 Å². The number of ether oxygens (including phenoxy) is 2. The molecule has 4 bridgehead atoms. The summed E-state index contributed by atoms with van der Waals surface area (Å²) in [6.07, 6.45) is 6.57. The summed E-state index contributed by atoms with van der Waals surface area (Å²) in [5, 5.41) is 22.5. The first kappa shape index (κ1) is 21.8. The maximum Gasteiger partial charge on any atom is 0.165 e. The lowest BCUT2D eigenvalue weighted by molar-refractivity contribution is -0.301. The summed E-state index contributed by atoms with van der Waals surface area (Å²) in [4.78, 5) is 2.56. The van der Waals surface area contributed by atoms with Crippen molar-refractivity contribution in [3.8, 4) is 11.5 Å². The van der Waals surface area contributed by atoms with Gasteiger partial charge in [-0.15, -0.1) is 12.4 Å². The van der Waals surface area contributed by atoms with E-state index in [4.69, 9.17) is 9.47 Å². The van der Waals surface area contributed by atoms with Crippen LogP contribution in [0.25, 0.3) is 0 Å². The second kappa shape index (κ2) is 6.53. The van der Waals surface area contributed by atoms with Crippen molar-refractivity contribution >= 4 is 12.4 Å². The van der Waals surface area contributed by atoms with Gasteiger partial charge >= 0.3 is 0 Å². The van der Waals surface area contributed by atoms with E-state index >= 15 is 0 Å². The van der Waals surface area contributed by atoms with Gasteiger partial charge in [0, 0.05) is 35.5 Å². The smallest absolute Gasteiger partial charge is 0.165 e. The standard InChI is InChI=1S/C25H35NO4.ClH/c1-5-8-22(2,28)17-14-23-9-10-25(17,29-4)21-24(23)11-12-26(3)18(23)13-15-6-7-16(27)20(30-21)19(15)24;/h6-7,17-18,21,27-28H,5,8-14H2,1-4H3;1H. The Hall–Kier alpha value is -1.01. The quantitative estimate of drug-likeness (QED) is 0.731. The fourth-order valence-corrected chi connectivity index (χ4v) is 9.09. The predicted octanol–water partition coefficient (Wildman–Crippen LogP) is 3.81. The number of benzene rings is 1. The Balaban J connectivity index is 0.00000204. The number of hydrogen-bond donors (Lipinski definition) is 2. The predicted molar refractivity (Wildman–Crippen MR) is 121 cm³/mol. The Morgan fingerprint density at radius 1 is 1.29 bits per heavy atom. The molecule has 4 aliphatic carbocycles. The van der Waals surface area contributed by atoms with Crippen LogP contribution in [0, 0.1) is 11.3 Å². The van der Waals surface area contributed by atoms with Gasteiger partial charge in [0.15, 0.2) is 11.5 Å². The monoisotopic (exact) mass is 449 g/mol. The Bertz CT molecular complexity index is 921. The second-order valence-electron chi connectivity index (χ2n) is 11.0. The highest BCUT2D eigenvalue weighted by molar-refractivity contribution is 5.85. The first-order valence-corrected chi connectivity index (χ1v) is 11.8. The van der Waals surface area contributed by atoms with E-state index in [2.05, 4.69) is 24.9 Å². The molecule has 2 spiro atoms. The maximum absolute atomic E-state index is 11.7. The average molecular weight is 450 g/mol. The van der Waals surface area contributed by atoms with Crippen LogP contribution in [-0.4, -0.2) is 59.2 Å². The zero-order valence-corrected chi connectivity index (χ0v) is 19.9. The van der Waals surface area contributed by atoms with Crippen LogP contribution >= 0.6 is 12.4 Å². The van der Waals surface area contributed by atoms with Gasteiger partial charge in [-0.05, 0) is 70.7 Å². The van der Waals surface area contributed by atoms with Crippen molar-refractivity contribution in [3.05, 3.63) is 23.3 Å². The van der Waals surface area contributed by atoms with Gasteiger partial charge in [0.1, 0.15) is 11.7 Å². The minimum absolute atomic E-state index is 0. The lowest BCUT2D eigenvalue weighted by atomic mass is 9.33. The molecular formula is C25H36ClNO4. The fraction of sp³-hybridized carbons (Fsp3) is 0.760. The van der Waals surface area contributed by atoms with E-state index in [1.54, 1.807) is 0 Å². The van der Waals surface area contributed by atoms with Crippen LogP contribution in [0.4, 0.5) is 0 Å². The molecule has 0 aromatic heterocycles. The van der Waals surface area contributed by atoms with Gasteiger partial charge in [0.05, 0.1) is 5.60 Å². The van der Waals surface area contributed by atoms with Crippen LogP contribution in [0.1, 0.15) is 63.5 Å². The third kappa shape index (κ3) is 2.20. The zero-order valence-electron chi connectivity index (χ0n) is 19.1. The maximum atomic E-state index is 11.7. The minimum Gasteiger partial charge on any atom is -0.504 e. The van der Waals surface area contributed by atoms with Crippen molar-refractivity contribution in [3.63, 3.8) is 0 Å². The van der Waals surface area contributed by atoms with E-state index < -0.39 is 11.2 Å². The Kier molecular flexibility index (Phi) is 4.59. The molecule has 6 heteroatoms. The molecule has 172 valence electrons. The van der Waals surface area contributed by atoms with Gasteiger partial charge in [-0.25, -0.2) is 0 Å². The third-order valence-electron chi connectivity index (χ3n) is 10.1. The number of likely N-dealkylation sites (tertiary alicyclic amines) is 1. The average Bonchev–Trinajstić information content (AvgIpc) is 3.09. The highest BCUT2D eigenvalue weighted by Crippen LogP contribution is 2.77. The largest absolute Gasteiger partial charge is 0.504 e. The molecule has 6 aliphatic rings. The van der Waals surface area contributed by atoms with Crippen LogP contribution in [0.5, 0.6) is 11.5 Å². The van der Waals surface area contributed by atoms with Gasteiger partial charge in [-0.1, -0.05) is 19.4 Å². The van der Waals surface area contributed by atoms with Gasteiger partial charge in [-0.3, -0.25) is 0 Å². The second-order valence-corrected chi connectivity index (χ2v) is 11.0. The molecule has 1 saturated heterocycles. The van der Waals surface area contributed by atoms with Gasteiger partial charge in [0.25, 0.3) is 0 Å². The Morgan fingerprint density at radius 3 is 2.77 bits per heavy atom. The number of fused-ring (bicyclic) bond motifs is 2. The molecule has 1 aromatic rings. The number of hydrogen-bond acceptors (Lipinski definition) is 5. The molecule has 7 atom stereocenters. The normalized spacial score (nSPS) is 43.6. The van der Waals surface area contributed by atoms with Crippen molar-refractivity contribution in [1.82, 2.24) is 4.90 Å². The van der Waals surface area contributed by atoms with E-state index in [1.165, 1.54) is 11.1 Å². The molecule has 4 fully saturated rings. The molecule has 1 aromatic carbocycles. The number of likely N-dealkylation sites (N-methyl/N-ethyl adjacent to an activating group) is 1. The molecule has 0 amide bonds. The summed E-state index contributed by atoms with van der Waals surface area (Å²) < 4.78 is 13.2. The number of rotatable bonds is 4. The third-order valence-corrected chi connectivity index (χ3v) is 10.1. The van der Waals surface area contributed by atoms with Crippen LogP contribution in [0.2, 0.25) is 0 Å². The highest BCUT2D eigenvalue weighted by atomic mass is 35.5. The number of nitrogens with zero attached hydrogens (tertiary/aromatic N) is 1. The van der Waals surface area contributed by atoms with Crippen molar-refractivity contribution in [2.75, 3.05) is 20.7 Å². The van der Waals surface area contributed by atoms with Gasteiger partial charge in [0.2, 0.25) is 0 Å². The lowest BCUT2D eigenvalue weighted by Crippen LogP contribution is -2.82. The summed E-state index contributed by atoms with van der Waals surface area (Å²) in [7, 11) is 4.09. The van der Waals surface area contributed by atoms with Crippen molar-refractivity contribution in [2.24, 2.45) is 11.3 Å². The van der Waals surface area contributed by atoms with Crippen molar-refractivity contribution < 1.29 is 19.7 Å². The number of phenolic OH excluding ortho intramolecular Hbond substituents is 1. The lowest BCUT2D eigenvalue weighted by Gasteiger charge is -2.74. The summed E-state index contributed by atoms with van der Waals surface area (Å²) in [5.41, 5.74) is 1.21. The summed E-state index contributed by atoms with van der Waals surface area (Å²) in [5.74, 6) is 0.977. The van der Waals surface area contributed by atoms with E-state index in [9.17, 15) is 10.2 Å². The zero-order chi connectivity index (χ0) is 21.1. The molecule has 2 N–H and O–H groups in total. The molecule has 2 heterocycles. The van der Waals surface area contributed by atoms with Crippen molar-refractivity contribution in [2.45, 2.75) is 87.6 Å². The molecule has 7 unspecified atom stereocenters. The number of aliphatic hydroxyl groups is 1. The Labute approximate surface area is 191 Å². The number of halogens is 1. The number of methoxy groups -OCH3 is 1. The van der Waals surface area contributed by atoms with Gasteiger partial charge < -0.3 is 24.6 Å². The Morgan fingerprint density at radius 2 is 2.06 bits per heavy atom. The minimum atomic E-state index is -0.798. The molecule has 7 rings (SSSR count). The first-order chi connectivity index (χ1) is 14.3. The van der Waals surface area contributed by atoms with E-state index in [-0.39, 0.29) is 41.0 Å². The molecule has 0 radical (unpaired) electrons. The van der Waals surface area contributed by atoms with Crippen LogP contribution < -0.4 is 4.74 Å². The summed E-state index contributed by atoms with van der Waals surface area (Å²) >= 11 is 0. The number of aromatic hydroxyl groups is 1. The molecule has 31 heavy (non-hydrogen) atoms. The van der Waals surface area contributed by atoms with E-state index in [1.807, 2.05) is 20.1 Å². The van der Waals surface area contributed by atoms with E-state index in [0.29, 0.717) is 11.8 Å². The van der Waals surface area contributed by atoms with Crippen LogP contribution in [0.15, 0.2) is 12.1 Å². The molecule has 3 saturated carbocycles. The molecular weight excluding hydrogens is 414 g/mol. The highest BCUT2D eigenvalue weighted by Gasteiger charge is 2.81. The number of piperidine rings is 1. The summed E-state index contributed by atoms with van der Waals surface area (Å²) in [6.45, 7) is 5.19. The number of phenols is 1. The SMILES string of the molecule is CCCC(C)(O)C1CC23CCC1(OC)C1Oc4c(O)ccc5c4C12CCN(C)C3C5.Cl. The van der Waals surface area contributed by atoms with Crippen LogP contribution in [0.3, 0.4) is 0 Å². The summed E-state index contributed by atoms with van der Waals surface area (Å²) in [6, 6.07) is 4.37. The van der Waals surface area contributed by atoms with E-state index in [0.717, 1.165) is 51.5 Å². The molecule has 2 aliphatic heterocycles.